The number of nitrogens with one attached hydrogen (secondary N) is 1. The molecule has 1 aliphatic heterocycles. The van der Waals surface area contributed by atoms with E-state index in [1.54, 1.807) is 23.2 Å². The van der Waals surface area contributed by atoms with Gasteiger partial charge in [-0.3, -0.25) is 9.78 Å². The van der Waals surface area contributed by atoms with Gasteiger partial charge in [-0.15, -0.1) is 11.3 Å². The van der Waals surface area contributed by atoms with Crippen LogP contribution < -0.4 is 5.32 Å². The quantitative estimate of drug-likeness (QED) is 0.658. The number of carbonyl (C=O) groups is 1. The lowest BCUT2D eigenvalue weighted by Crippen LogP contribution is -2.42. The zero-order valence-corrected chi connectivity index (χ0v) is 18.4. The molecule has 0 aliphatic carbocycles. The maximum atomic E-state index is 13.0. The van der Waals surface area contributed by atoms with Crippen molar-refractivity contribution in [2.75, 3.05) is 25.0 Å². The summed E-state index contributed by atoms with van der Waals surface area (Å²) in [5.74, 6) is 0.734. The number of amides is 1. The average Bonchev–Trinajstić information content (AvgIpc) is 3.32. The van der Waals surface area contributed by atoms with Crippen LogP contribution in [0.15, 0.2) is 22.7 Å². The number of rotatable bonds is 5. The lowest BCUT2D eigenvalue weighted by molar-refractivity contribution is -0.0257. The summed E-state index contributed by atoms with van der Waals surface area (Å²) in [5, 5.41) is 4.16. The van der Waals surface area contributed by atoms with Gasteiger partial charge in [0.25, 0.3) is 5.91 Å². The number of aromatic nitrogens is 3. The normalized spacial score (nSPS) is 16.7. The van der Waals surface area contributed by atoms with Gasteiger partial charge in [0.05, 0.1) is 24.5 Å². The molecule has 0 saturated carbocycles. The Balaban J connectivity index is 1.52. The number of anilines is 2. The Hall–Kier alpha value is -2.78. The van der Waals surface area contributed by atoms with Crippen LogP contribution in [-0.2, 0) is 11.2 Å². The zero-order valence-electron chi connectivity index (χ0n) is 17.6. The van der Waals surface area contributed by atoms with Gasteiger partial charge in [0.15, 0.2) is 11.0 Å². The van der Waals surface area contributed by atoms with Crippen molar-refractivity contribution in [3.8, 4) is 0 Å². The summed E-state index contributed by atoms with van der Waals surface area (Å²) in [4.78, 5) is 29.2. The molecule has 0 unspecified atom stereocenters. The van der Waals surface area contributed by atoms with Gasteiger partial charge in [-0.05, 0) is 32.9 Å². The highest BCUT2D eigenvalue weighted by Crippen LogP contribution is 2.28. The minimum Gasteiger partial charge on any atom is -0.435 e. The van der Waals surface area contributed by atoms with Crippen molar-refractivity contribution in [1.82, 2.24) is 19.9 Å². The Morgan fingerprint density at radius 1 is 1.30 bits per heavy atom. The maximum Gasteiger partial charge on any atom is 0.291 e. The second-order valence-electron chi connectivity index (χ2n) is 7.31. The monoisotopic (exact) mass is 427 g/mol. The topological polar surface area (TPSA) is 93.4 Å². The fourth-order valence-corrected chi connectivity index (χ4v) is 4.11. The summed E-state index contributed by atoms with van der Waals surface area (Å²) >= 11 is 1.59. The first-order chi connectivity index (χ1) is 14.4. The fraction of sp³-hybridized carbons (Fsp3) is 0.429. The number of hydrogen-bond donors (Lipinski definition) is 1. The Morgan fingerprint density at radius 3 is 2.83 bits per heavy atom. The molecule has 30 heavy (non-hydrogen) atoms. The third kappa shape index (κ3) is 4.36. The van der Waals surface area contributed by atoms with E-state index >= 15 is 0 Å². The predicted molar refractivity (Wildman–Crippen MR) is 114 cm³/mol. The van der Waals surface area contributed by atoms with E-state index in [0.29, 0.717) is 43.5 Å². The molecular formula is C21H25N5O3S. The fourth-order valence-electron chi connectivity index (χ4n) is 3.43. The molecular weight excluding hydrogens is 402 g/mol. The van der Waals surface area contributed by atoms with Crippen molar-refractivity contribution in [3.63, 3.8) is 0 Å². The van der Waals surface area contributed by atoms with E-state index in [2.05, 4.69) is 20.3 Å². The van der Waals surface area contributed by atoms with E-state index in [4.69, 9.17) is 9.15 Å². The molecule has 3 aromatic heterocycles. The van der Waals surface area contributed by atoms with Crippen LogP contribution in [-0.4, -0.2) is 45.5 Å². The summed E-state index contributed by atoms with van der Waals surface area (Å²) in [7, 11) is 0. The zero-order chi connectivity index (χ0) is 21.3. The average molecular weight is 428 g/mol. The van der Waals surface area contributed by atoms with E-state index in [0.717, 1.165) is 27.1 Å². The summed E-state index contributed by atoms with van der Waals surface area (Å²) in [6.07, 6.45) is 2.18. The van der Waals surface area contributed by atoms with E-state index < -0.39 is 0 Å². The number of oxazole rings is 1. The summed E-state index contributed by atoms with van der Waals surface area (Å²) in [5.41, 5.74) is 3.18. The van der Waals surface area contributed by atoms with E-state index in [9.17, 15) is 4.79 Å². The van der Waals surface area contributed by atoms with Crippen LogP contribution in [0.3, 0.4) is 0 Å². The Morgan fingerprint density at radius 2 is 2.13 bits per heavy atom. The van der Waals surface area contributed by atoms with Crippen molar-refractivity contribution in [2.45, 2.75) is 40.2 Å². The molecule has 4 rings (SSSR count). The summed E-state index contributed by atoms with van der Waals surface area (Å²) in [6.45, 7) is 9.07. The van der Waals surface area contributed by atoms with Crippen molar-refractivity contribution >= 4 is 28.1 Å². The van der Waals surface area contributed by atoms with Crippen LogP contribution in [0.2, 0.25) is 0 Å². The molecule has 0 aromatic carbocycles. The van der Waals surface area contributed by atoms with Crippen LogP contribution in [0.25, 0.3) is 0 Å². The molecule has 9 heteroatoms. The van der Waals surface area contributed by atoms with Gasteiger partial charge in [0, 0.05) is 35.4 Å². The van der Waals surface area contributed by atoms with Gasteiger partial charge >= 0.3 is 0 Å². The van der Waals surface area contributed by atoms with Crippen LogP contribution in [0.1, 0.15) is 51.4 Å². The smallest absolute Gasteiger partial charge is 0.291 e. The molecule has 1 fully saturated rings. The predicted octanol–water partition coefficient (Wildman–Crippen LogP) is 3.97. The van der Waals surface area contributed by atoms with Crippen molar-refractivity contribution in [3.05, 3.63) is 51.9 Å². The van der Waals surface area contributed by atoms with Crippen LogP contribution in [0.4, 0.5) is 10.8 Å². The first-order valence-electron chi connectivity index (χ1n) is 9.98. The van der Waals surface area contributed by atoms with E-state index in [1.165, 1.54) is 0 Å². The van der Waals surface area contributed by atoms with Crippen molar-refractivity contribution < 1.29 is 13.9 Å². The molecule has 3 aromatic rings. The van der Waals surface area contributed by atoms with Gasteiger partial charge < -0.3 is 19.4 Å². The molecule has 1 amide bonds. The largest absolute Gasteiger partial charge is 0.435 e. The number of nitrogens with zero attached hydrogens (tertiary/aromatic N) is 4. The van der Waals surface area contributed by atoms with E-state index in [1.807, 2.05) is 39.1 Å². The second kappa shape index (κ2) is 8.53. The van der Waals surface area contributed by atoms with Gasteiger partial charge in [0.2, 0.25) is 5.76 Å². The minimum atomic E-state index is -0.310. The first kappa shape index (κ1) is 20.5. The standard InChI is InChI=1S/C21H25N5O3S/c1-5-18-24-14(4)19(29-18)20(27)26-6-7-28-17(11-26)16-9-15(8-12(2)23-16)25-21-22-10-13(3)30-21/h8-10,17H,5-7,11H2,1-4H3,(H,22,23,25)/t17-/m1/s1. The van der Waals surface area contributed by atoms with E-state index in [-0.39, 0.29) is 12.0 Å². The molecule has 0 spiro atoms. The number of hydrogen-bond acceptors (Lipinski definition) is 8. The van der Waals surface area contributed by atoms with Gasteiger partial charge in [-0.1, -0.05) is 6.92 Å². The highest BCUT2D eigenvalue weighted by Gasteiger charge is 2.30. The number of aryl methyl sites for hydroxylation is 4. The van der Waals surface area contributed by atoms with Crippen LogP contribution in [0.5, 0.6) is 0 Å². The number of carbonyl (C=O) groups excluding carboxylic acids is 1. The summed E-state index contributed by atoms with van der Waals surface area (Å²) in [6, 6.07) is 3.92. The van der Waals surface area contributed by atoms with Crippen LogP contribution >= 0.6 is 11.3 Å². The van der Waals surface area contributed by atoms with Crippen molar-refractivity contribution in [2.24, 2.45) is 0 Å². The Kier molecular flexibility index (Phi) is 5.83. The highest BCUT2D eigenvalue weighted by atomic mass is 32.1. The van der Waals surface area contributed by atoms with Crippen LogP contribution in [0, 0.1) is 20.8 Å². The highest BCUT2D eigenvalue weighted by molar-refractivity contribution is 7.15. The molecule has 0 radical (unpaired) electrons. The lowest BCUT2D eigenvalue weighted by Gasteiger charge is -2.32. The van der Waals surface area contributed by atoms with Gasteiger partial charge in [0.1, 0.15) is 6.10 Å². The third-order valence-corrected chi connectivity index (χ3v) is 5.70. The molecule has 1 aliphatic rings. The van der Waals surface area contributed by atoms with Gasteiger partial charge in [-0.25, -0.2) is 9.97 Å². The number of thiazole rings is 1. The SMILES string of the molecule is CCc1nc(C)c(C(=O)N2CCO[C@@H](c3cc(Nc4ncc(C)s4)cc(C)n3)C2)o1. The summed E-state index contributed by atoms with van der Waals surface area (Å²) < 4.78 is 11.6. The number of pyridine rings is 1. The second-order valence-corrected chi connectivity index (χ2v) is 8.54. The molecule has 4 heterocycles. The minimum absolute atomic E-state index is 0.155. The Bertz CT molecular complexity index is 1060. The van der Waals surface area contributed by atoms with Crippen molar-refractivity contribution in [1.29, 1.82) is 0 Å². The lowest BCUT2D eigenvalue weighted by atomic mass is 10.1. The maximum absolute atomic E-state index is 13.0. The number of morpholine rings is 1. The third-order valence-electron chi connectivity index (χ3n) is 4.87. The number of ether oxygens (including phenoxy) is 1. The molecule has 1 saturated heterocycles. The first-order valence-corrected chi connectivity index (χ1v) is 10.8. The Labute approximate surface area is 179 Å². The molecule has 1 atom stereocenters. The molecule has 0 bridgehead atoms. The van der Waals surface area contributed by atoms with Gasteiger partial charge in [-0.2, -0.15) is 0 Å². The molecule has 1 N–H and O–H groups in total. The molecule has 8 nitrogen and oxygen atoms in total. The molecule has 158 valence electrons.